The van der Waals surface area contributed by atoms with Crippen LogP contribution in [0.4, 0.5) is 5.69 Å². The lowest BCUT2D eigenvalue weighted by Gasteiger charge is -2.32. The van der Waals surface area contributed by atoms with Gasteiger partial charge in [-0.1, -0.05) is 11.6 Å². The van der Waals surface area contributed by atoms with Crippen molar-refractivity contribution >= 4 is 33.2 Å². The molecule has 2 aromatic rings. The number of rotatable bonds is 3. The Morgan fingerprint density at radius 1 is 1.22 bits per heavy atom. The Hall–Kier alpha value is -1.96. The van der Waals surface area contributed by atoms with E-state index in [1.54, 1.807) is 29.4 Å². The van der Waals surface area contributed by atoms with Gasteiger partial charge in [-0.05, 0) is 55.7 Å². The molecule has 4 rings (SSSR count). The number of aromatic nitrogens is 1. The Morgan fingerprint density at radius 2 is 2.00 bits per heavy atom. The standard InChI is InChI=1S/C19H20ClN3O3S/c1-19(2)17-9-14(20)4-5-16(17)18(24)23(19)15-8-13(10-21-11-15)12-22-6-3-7-27(22,25)26/h4-5,8-11H,3,6-7,12H2,1-2H3. The molecule has 0 N–H and O–H groups in total. The smallest absolute Gasteiger partial charge is 0.259 e. The van der Waals surface area contributed by atoms with Crippen LogP contribution < -0.4 is 4.90 Å². The van der Waals surface area contributed by atoms with Crippen molar-refractivity contribution in [3.8, 4) is 0 Å². The van der Waals surface area contributed by atoms with Crippen molar-refractivity contribution in [3.63, 3.8) is 0 Å². The van der Waals surface area contributed by atoms with E-state index < -0.39 is 15.6 Å². The fraction of sp³-hybridized carbons (Fsp3) is 0.368. The van der Waals surface area contributed by atoms with Crippen molar-refractivity contribution < 1.29 is 13.2 Å². The summed E-state index contributed by atoms with van der Waals surface area (Å²) in [5.41, 5.74) is 2.31. The first kappa shape index (κ1) is 18.4. The Balaban J connectivity index is 1.69. The van der Waals surface area contributed by atoms with Gasteiger partial charge >= 0.3 is 0 Å². The minimum Gasteiger partial charge on any atom is -0.297 e. The SMILES string of the molecule is CC1(C)c2cc(Cl)ccc2C(=O)N1c1cncc(CN2CCCS2(=O)=O)c1. The third-order valence-electron chi connectivity index (χ3n) is 5.23. The first-order valence-corrected chi connectivity index (χ1v) is 10.8. The number of carbonyl (C=O) groups is 1. The van der Waals surface area contributed by atoms with Gasteiger partial charge in [-0.3, -0.25) is 14.7 Å². The van der Waals surface area contributed by atoms with Gasteiger partial charge < -0.3 is 0 Å². The molecule has 1 saturated heterocycles. The number of benzene rings is 1. The van der Waals surface area contributed by atoms with Crippen LogP contribution in [0.3, 0.4) is 0 Å². The fourth-order valence-electron chi connectivity index (χ4n) is 3.90. The second-order valence-corrected chi connectivity index (χ2v) is 9.97. The molecule has 142 valence electrons. The maximum Gasteiger partial charge on any atom is 0.259 e. The maximum atomic E-state index is 13.0. The minimum absolute atomic E-state index is 0.112. The van der Waals surface area contributed by atoms with Gasteiger partial charge in [-0.25, -0.2) is 8.42 Å². The van der Waals surface area contributed by atoms with Crippen LogP contribution in [0.1, 0.15) is 41.8 Å². The first-order valence-electron chi connectivity index (χ1n) is 8.76. The van der Waals surface area contributed by atoms with Crippen LogP contribution in [0, 0.1) is 0 Å². The number of halogens is 1. The topological polar surface area (TPSA) is 70.6 Å². The van der Waals surface area contributed by atoms with E-state index in [0.717, 1.165) is 11.1 Å². The lowest BCUT2D eigenvalue weighted by Crippen LogP contribution is -2.39. The van der Waals surface area contributed by atoms with E-state index in [2.05, 4.69) is 4.98 Å². The highest BCUT2D eigenvalue weighted by Crippen LogP contribution is 2.42. The molecule has 1 aromatic heterocycles. The molecule has 0 spiro atoms. The molecule has 0 radical (unpaired) electrons. The molecule has 0 unspecified atom stereocenters. The van der Waals surface area contributed by atoms with Gasteiger partial charge in [0.15, 0.2) is 0 Å². The summed E-state index contributed by atoms with van der Waals surface area (Å²) in [6.07, 6.45) is 3.92. The molecule has 2 aliphatic heterocycles. The summed E-state index contributed by atoms with van der Waals surface area (Å²) in [6.45, 7) is 4.71. The lowest BCUT2D eigenvalue weighted by atomic mass is 9.93. The molecular weight excluding hydrogens is 386 g/mol. The van der Waals surface area contributed by atoms with E-state index in [4.69, 9.17) is 11.6 Å². The van der Waals surface area contributed by atoms with Crippen molar-refractivity contribution in [2.24, 2.45) is 0 Å². The van der Waals surface area contributed by atoms with Gasteiger partial charge in [0.1, 0.15) is 0 Å². The first-order chi connectivity index (χ1) is 12.7. The maximum absolute atomic E-state index is 13.0. The summed E-state index contributed by atoms with van der Waals surface area (Å²) in [4.78, 5) is 19.0. The minimum atomic E-state index is -3.19. The van der Waals surface area contributed by atoms with Gasteiger partial charge in [0.25, 0.3) is 5.91 Å². The van der Waals surface area contributed by atoms with Crippen LogP contribution in [0.2, 0.25) is 5.02 Å². The predicted molar refractivity (Wildman–Crippen MR) is 104 cm³/mol. The van der Waals surface area contributed by atoms with E-state index in [-0.39, 0.29) is 18.2 Å². The Bertz CT molecular complexity index is 1040. The number of carbonyl (C=O) groups excluding carboxylic acids is 1. The number of hydrogen-bond donors (Lipinski definition) is 0. The normalized spacial score (nSPS) is 20.9. The molecule has 0 bridgehead atoms. The second-order valence-electron chi connectivity index (χ2n) is 7.44. The second kappa shape index (κ2) is 6.29. The Morgan fingerprint density at radius 3 is 2.70 bits per heavy atom. The fourth-order valence-corrected chi connectivity index (χ4v) is 5.58. The molecule has 1 fully saturated rings. The highest BCUT2D eigenvalue weighted by Gasteiger charge is 2.44. The largest absolute Gasteiger partial charge is 0.297 e. The number of amides is 1. The van der Waals surface area contributed by atoms with E-state index in [0.29, 0.717) is 29.2 Å². The van der Waals surface area contributed by atoms with E-state index in [1.807, 2.05) is 26.0 Å². The van der Waals surface area contributed by atoms with Crippen LogP contribution in [0.5, 0.6) is 0 Å². The summed E-state index contributed by atoms with van der Waals surface area (Å²) in [7, 11) is -3.19. The number of anilines is 1. The average molecular weight is 406 g/mol. The summed E-state index contributed by atoms with van der Waals surface area (Å²) in [5, 5.41) is 0.586. The molecule has 2 aliphatic rings. The van der Waals surface area contributed by atoms with Crippen LogP contribution >= 0.6 is 11.6 Å². The van der Waals surface area contributed by atoms with Gasteiger partial charge in [0, 0.05) is 29.9 Å². The van der Waals surface area contributed by atoms with E-state index in [1.165, 1.54) is 4.31 Å². The highest BCUT2D eigenvalue weighted by molar-refractivity contribution is 7.89. The van der Waals surface area contributed by atoms with Crippen molar-refractivity contribution in [1.29, 1.82) is 0 Å². The van der Waals surface area contributed by atoms with Gasteiger partial charge in [-0.15, -0.1) is 0 Å². The number of pyridine rings is 1. The predicted octanol–water partition coefficient (Wildman–Crippen LogP) is 3.17. The molecule has 0 saturated carbocycles. The number of nitrogens with zero attached hydrogens (tertiary/aromatic N) is 3. The van der Waals surface area contributed by atoms with Crippen LogP contribution in [-0.4, -0.2) is 35.9 Å². The highest BCUT2D eigenvalue weighted by atomic mass is 35.5. The zero-order valence-corrected chi connectivity index (χ0v) is 16.7. The summed E-state index contributed by atoms with van der Waals surface area (Å²) >= 11 is 6.13. The van der Waals surface area contributed by atoms with Gasteiger partial charge in [0.05, 0.1) is 23.2 Å². The zero-order valence-electron chi connectivity index (χ0n) is 15.1. The third-order valence-corrected chi connectivity index (χ3v) is 7.37. The van der Waals surface area contributed by atoms with Crippen LogP contribution in [0.15, 0.2) is 36.7 Å². The average Bonchev–Trinajstić information content (AvgIpc) is 3.02. The molecule has 0 atom stereocenters. The van der Waals surface area contributed by atoms with Crippen molar-refractivity contribution in [1.82, 2.24) is 9.29 Å². The molecule has 1 aromatic carbocycles. The molecule has 8 heteroatoms. The van der Waals surface area contributed by atoms with Gasteiger partial charge in [-0.2, -0.15) is 4.31 Å². The Kier molecular flexibility index (Phi) is 4.29. The molecule has 1 amide bonds. The van der Waals surface area contributed by atoms with E-state index in [9.17, 15) is 13.2 Å². The van der Waals surface area contributed by atoms with Gasteiger partial charge in [0.2, 0.25) is 10.0 Å². The number of sulfonamides is 1. The quantitative estimate of drug-likeness (QED) is 0.786. The van der Waals surface area contributed by atoms with Crippen molar-refractivity contribution in [2.75, 3.05) is 17.2 Å². The monoisotopic (exact) mass is 405 g/mol. The van der Waals surface area contributed by atoms with Crippen molar-refractivity contribution in [2.45, 2.75) is 32.4 Å². The molecule has 6 nitrogen and oxygen atoms in total. The molecule has 3 heterocycles. The number of hydrogen-bond acceptors (Lipinski definition) is 4. The molecule has 0 aliphatic carbocycles. The summed E-state index contributed by atoms with van der Waals surface area (Å²) in [6, 6.07) is 7.12. The van der Waals surface area contributed by atoms with E-state index >= 15 is 0 Å². The zero-order chi connectivity index (χ0) is 19.4. The van der Waals surface area contributed by atoms with Crippen molar-refractivity contribution in [3.05, 3.63) is 58.4 Å². The molecular formula is C19H20ClN3O3S. The van der Waals surface area contributed by atoms with Crippen LogP contribution in [-0.2, 0) is 22.1 Å². The Labute approximate surface area is 163 Å². The van der Waals surface area contributed by atoms with Crippen LogP contribution in [0.25, 0.3) is 0 Å². The summed E-state index contributed by atoms with van der Waals surface area (Å²) in [5.74, 6) is 0.0767. The third kappa shape index (κ3) is 3.03. The molecule has 27 heavy (non-hydrogen) atoms. The number of fused-ring (bicyclic) bond motifs is 1. The summed E-state index contributed by atoms with van der Waals surface area (Å²) < 4.78 is 25.6. The lowest BCUT2D eigenvalue weighted by molar-refractivity contribution is 0.0982.